The van der Waals surface area contributed by atoms with E-state index in [1.165, 1.54) is 6.20 Å². The van der Waals surface area contributed by atoms with E-state index in [1.807, 2.05) is 32.6 Å². The lowest BCUT2D eigenvalue weighted by molar-refractivity contribution is 0.102. The average Bonchev–Trinajstić information content (AvgIpc) is 2.62. The number of hydrogen-bond acceptors (Lipinski definition) is 5. The minimum atomic E-state index is -0.777. The molecule has 152 valence electrons. The average molecular weight is 392 g/mol. The molecule has 1 unspecified atom stereocenters. The van der Waals surface area contributed by atoms with E-state index in [0.717, 1.165) is 36.0 Å². The summed E-state index contributed by atoms with van der Waals surface area (Å²) in [4.78, 5) is 15.2. The predicted octanol–water partition coefficient (Wildman–Crippen LogP) is 2.73. The number of piperazine rings is 1. The molecular formula is C20H26F2N4O2. The van der Waals surface area contributed by atoms with Gasteiger partial charge in [0, 0.05) is 32.2 Å². The topological polar surface area (TPSA) is 59.4 Å². The number of halogens is 2. The van der Waals surface area contributed by atoms with Crippen molar-refractivity contribution in [3.63, 3.8) is 0 Å². The Bertz CT molecular complexity index is 882. The number of nitrogens with one attached hydrogen (secondary N) is 1. The second-order valence-electron chi connectivity index (χ2n) is 8.07. The molecule has 1 aromatic heterocycles. The van der Waals surface area contributed by atoms with Gasteiger partial charge in [0.25, 0.3) is 0 Å². The number of rotatable bonds is 4. The first-order valence-electron chi connectivity index (χ1n) is 9.38. The van der Waals surface area contributed by atoms with Crippen LogP contribution in [0.1, 0.15) is 27.7 Å². The molecule has 28 heavy (non-hydrogen) atoms. The Morgan fingerprint density at radius 2 is 1.75 bits per heavy atom. The summed E-state index contributed by atoms with van der Waals surface area (Å²) >= 11 is 0. The molecule has 2 aromatic rings. The largest absolute Gasteiger partial charge is 0.483 e. The standard InChI is InChI=1S/C20H26F2N4O2/c1-13(20(2,3)4)28-18-17(25-7-5-23-6-8-25)12-24-26(19(18)27)16-10-14(21)9-15(22)11-16/h9-13,23H,5-8H2,1-4H3. The Morgan fingerprint density at radius 3 is 2.32 bits per heavy atom. The van der Waals surface area contributed by atoms with E-state index in [0.29, 0.717) is 18.8 Å². The van der Waals surface area contributed by atoms with Gasteiger partial charge in [0.05, 0.1) is 11.9 Å². The van der Waals surface area contributed by atoms with Crippen LogP contribution in [-0.4, -0.2) is 42.1 Å². The fraction of sp³-hybridized carbons (Fsp3) is 0.500. The van der Waals surface area contributed by atoms with Gasteiger partial charge in [0.1, 0.15) is 23.4 Å². The van der Waals surface area contributed by atoms with Crippen molar-refractivity contribution < 1.29 is 13.5 Å². The molecule has 1 fully saturated rings. The Kier molecular flexibility index (Phi) is 5.69. The summed E-state index contributed by atoms with van der Waals surface area (Å²) in [6, 6.07) is 2.89. The van der Waals surface area contributed by atoms with Crippen LogP contribution in [-0.2, 0) is 0 Å². The molecule has 6 nitrogen and oxygen atoms in total. The summed E-state index contributed by atoms with van der Waals surface area (Å²) in [5.74, 6) is -1.41. The van der Waals surface area contributed by atoms with Gasteiger partial charge in [-0.2, -0.15) is 9.78 Å². The lowest BCUT2D eigenvalue weighted by Gasteiger charge is -2.33. The highest BCUT2D eigenvalue weighted by atomic mass is 19.1. The molecule has 1 N–H and O–H groups in total. The smallest absolute Gasteiger partial charge is 0.316 e. The van der Waals surface area contributed by atoms with Crippen molar-refractivity contribution in [1.82, 2.24) is 15.1 Å². The van der Waals surface area contributed by atoms with Crippen molar-refractivity contribution >= 4 is 5.69 Å². The third-order valence-electron chi connectivity index (χ3n) is 4.98. The van der Waals surface area contributed by atoms with Gasteiger partial charge in [0.15, 0.2) is 0 Å². The molecular weight excluding hydrogens is 366 g/mol. The molecule has 0 radical (unpaired) electrons. The van der Waals surface area contributed by atoms with Crippen molar-refractivity contribution in [3.05, 3.63) is 46.4 Å². The Morgan fingerprint density at radius 1 is 1.14 bits per heavy atom. The zero-order chi connectivity index (χ0) is 20.5. The maximum Gasteiger partial charge on any atom is 0.316 e. The molecule has 1 aliphatic heterocycles. The third-order valence-corrected chi connectivity index (χ3v) is 4.98. The minimum absolute atomic E-state index is 0.0163. The van der Waals surface area contributed by atoms with Crippen LogP contribution in [0.3, 0.4) is 0 Å². The number of benzene rings is 1. The Labute approximate surface area is 163 Å². The number of nitrogens with zero attached hydrogens (tertiary/aromatic N) is 3. The second-order valence-corrected chi connectivity index (χ2v) is 8.07. The first-order chi connectivity index (χ1) is 13.2. The van der Waals surface area contributed by atoms with Gasteiger partial charge in [-0.05, 0) is 24.5 Å². The fourth-order valence-corrected chi connectivity index (χ4v) is 2.87. The van der Waals surface area contributed by atoms with Crippen molar-refractivity contribution in [2.24, 2.45) is 5.41 Å². The normalized spacial score (nSPS) is 16.1. The van der Waals surface area contributed by atoms with Gasteiger partial charge >= 0.3 is 5.56 Å². The lowest BCUT2D eigenvalue weighted by Crippen LogP contribution is -2.44. The SMILES string of the molecule is CC(Oc1c(N2CCNCC2)cnn(-c2cc(F)cc(F)c2)c1=O)C(C)(C)C. The van der Waals surface area contributed by atoms with Crippen molar-refractivity contribution in [2.75, 3.05) is 31.1 Å². The van der Waals surface area contributed by atoms with Crippen LogP contribution < -0.4 is 20.5 Å². The van der Waals surface area contributed by atoms with Crippen LogP contribution in [0.2, 0.25) is 0 Å². The predicted molar refractivity (Wildman–Crippen MR) is 104 cm³/mol. The third kappa shape index (κ3) is 4.32. The van der Waals surface area contributed by atoms with Crippen LogP contribution in [0.5, 0.6) is 5.75 Å². The highest BCUT2D eigenvalue weighted by molar-refractivity contribution is 5.57. The van der Waals surface area contributed by atoms with Gasteiger partial charge in [0.2, 0.25) is 5.75 Å². The summed E-state index contributed by atoms with van der Waals surface area (Å²) in [6.07, 6.45) is 1.27. The number of hydrogen-bond donors (Lipinski definition) is 1. The van der Waals surface area contributed by atoms with Gasteiger partial charge < -0.3 is 15.0 Å². The minimum Gasteiger partial charge on any atom is -0.483 e. The maximum absolute atomic E-state index is 13.7. The zero-order valence-electron chi connectivity index (χ0n) is 16.6. The van der Waals surface area contributed by atoms with Crippen LogP contribution >= 0.6 is 0 Å². The summed E-state index contributed by atoms with van der Waals surface area (Å²) < 4.78 is 34.4. The summed E-state index contributed by atoms with van der Waals surface area (Å²) in [6.45, 7) is 10.9. The van der Waals surface area contributed by atoms with E-state index in [2.05, 4.69) is 10.4 Å². The summed E-state index contributed by atoms with van der Waals surface area (Å²) in [5, 5.41) is 7.43. The monoisotopic (exact) mass is 392 g/mol. The first-order valence-corrected chi connectivity index (χ1v) is 9.38. The number of aromatic nitrogens is 2. The number of ether oxygens (including phenoxy) is 1. The van der Waals surface area contributed by atoms with E-state index in [9.17, 15) is 13.6 Å². The molecule has 0 aliphatic carbocycles. The molecule has 1 aromatic carbocycles. The van der Waals surface area contributed by atoms with E-state index < -0.39 is 17.2 Å². The van der Waals surface area contributed by atoms with Crippen molar-refractivity contribution in [1.29, 1.82) is 0 Å². The first kappa shape index (κ1) is 20.3. The molecule has 0 spiro atoms. The van der Waals surface area contributed by atoms with Gasteiger partial charge in [-0.3, -0.25) is 4.79 Å². The summed E-state index contributed by atoms with van der Waals surface area (Å²) in [5.41, 5.74) is -0.137. The fourth-order valence-electron chi connectivity index (χ4n) is 2.87. The molecule has 1 atom stereocenters. The van der Waals surface area contributed by atoms with Crippen molar-refractivity contribution in [3.8, 4) is 11.4 Å². The highest BCUT2D eigenvalue weighted by Crippen LogP contribution is 2.30. The molecule has 0 amide bonds. The van der Waals surface area contributed by atoms with Crippen LogP contribution in [0.15, 0.2) is 29.2 Å². The lowest BCUT2D eigenvalue weighted by atomic mass is 9.90. The zero-order valence-corrected chi connectivity index (χ0v) is 16.6. The molecule has 0 saturated carbocycles. The number of anilines is 1. The summed E-state index contributed by atoms with van der Waals surface area (Å²) in [7, 11) is 0. The Hall–Kier alpha value is -2.48. The quantitative estimate of drug-likeness (QED) is 0.867. The van der Waals surface area contributed by atoms with Crippen LogP contribution in [0.25, 0.3) is 5.69 Å². The molecule has 0 bridgehead atoms. The van der Waals surface area contributed by atoms with E-state index in [1.54, 1.807) is 0 Å². The van der Waals surface area contributed by atoms with Gasteiger partial charge in [-0.1, -0.05) is 20.8 Å². The molecule has 3 rings (SSSR count). The molecule has 1 aliphatic rings. The molecule has 1 saturated heterocycles. The molecule has 2 heterocycles. The Balaban J connectivity index is 2.11. The van der Waals surface area contributed by atoms with Gasteiger partial charge in [-0.25, -0.2) is 8.78 Å². The maximum atomic E-state index is 13.7. The second kappa shape index (κ2) is 7.87. The van der Waals surface area contributed by atoms with E-state index >= 15 is 0 Å². The van der Waals surface area contributed by atoms with Crippen LogP contribution in [0, 0.1) is 17.0 Å². The van der Waals surface area contributed by atoms with E-state index in [4.69, 9.17) is 4.74 Å². The van der Waals surface area contributed by atoms with E-state index in [-0.39, 0.29) is 23.0 Å². The van der Waals surface area contributed by atoms with Crippen LogP contribution in [0.4, 0.5) is 14.5 Å². The highest BCUT2D eigenvalue weighted by Gasteiger charge is 2.27. The van der Waals surface area contributed by atoms with Crippen molar-refractivity contribution in [2.45, 2.75) is 33.8 Å². The van der Waals surface area contributed by atoms with Gasteiger partial charge in [-0.15, -0.1) is 0 Å². The molecule has 8 heteroatoms.